The minimum absolute atomic E-state index is 0.0302. The van der Waals surface area contributed by atoms with E-state index in [0.29, 0.717) is 17.5 Å². The molecule has 110 valence electrons. The summed E-state index contributed by atoms with van der Waals surface area (Å²) < 4.78 is 6.72. The van der Waals surface area contributed by atoms with Gasteiger partial charge in [0.1, 0.15) is 0 Å². The molecule has 21 heavy (non-hydrogen) atoms. The van der Waals surface area contributed by atoms with Gasteiger partial charge in [0.05, 0.1) is 18.8 Å². The van der Waals surface area contributed by atoms with Gasteiger partial charge in [0.2, 0.25) is 0 Å². The molecule has 1 aliphatic heterocycles. The lowest BCUT2D eigenvalue weighted by Gasteiger charge is -2.11. The van der Waals surface area contributed by atoms with Crippen molar-refractivity contribution in [3.63, 3.8) is 0 Å². The molecule has 0 fully saturated rings. The topological polar surface area (TPSA) is 77.2 Å². The molecule has 2 aromatic rings. The van der Waals surface area contributed by atoms with Crippen LogP contribution in [0.3, 0.4) is 0 Å². The van der Waals surface area contributed by atoms with Gasteiger partial charge >= 0.3 is 5.97 Å². The molecule has 1 atom stereocenters. The van der Waals surface area contributed by atoms with Crippen molar-refractivity contribution in [2.24, 2.45) is 0 Å². The number of aromatic carboxylic acids is 1. The number of hydrogen-bond acceptors (Lipinski definition) is 5. The second kappa shape index (κ2) is 5.87. The number of carbonyl (C=O) groups is 1. The Balaban J connectivity index is 1.79. The average molecular weight is 305 g/mol. The standard InChI is InChI=1S/C14H15N3O3S/c1-20-8-11-13(14(18)19)15-16-17(11)7-10-6-9-4-2-3-5-12(9)21-10/h2-5,10H,6-8H2,1H3,(H,18,19). The van der Waals surface area contributed by atoms with Crippen molar-refractivity contribution in [3.8, 4) is 0 Å². The molecule has 1 unspecified atom stereocenters. The highest BCUT2D eigenvalue weighted by atomic mass is 32.2. The molecule has 2 heterocycles. The Hall–Kier alpha value is -1.86. The van der Waals surface area contributed by atoms with Crippen LogP contribution in [-0.4, -0.2) is 38.4 Å². The van der Waals surface area contributed by atoms with Gasteiger partial charge in [-0.3, -0.25) is 0 Å². The molecule has 0 amide bonds. The van der Waals surface area contributed by atoms with E-state index in [2.05, 4.69) is 22.4 Å². The van der Waals surface area contributed by atoms with E-state index in [9.17, 15) is 4.79 Å². The Morgan fingerprint density at radius 1 is 1.52 bits per heavy atom. The summed E-state index contributed by atoms with van der Waals surface area (Å²) in [5.74, 6) is -1.07. The molecule has 7 heteroatoms. The molecule has 1 aromatic carbocycles. The normalized spacial score (nSPS) is 16.9. The Morgan fingerprint density at radius 3 is 3.05 bits per heavy atom. The van der Waals surface area contributed by atoms with Gasteiger partial charge in [-0.15, -0.1) is 16.9 Å². The van der Waals surface area contributed by atoms with Crippen molar-refractivity contribution in [1.82, 2.24) is 15.0 Å². The first-order chi connectivity index (χ1) is 10.2. The Morgan fingerprint density at radius 2 is 2.33 bits per heavy atom. The number of ether oxygens (including phenoxy) is 1. The molecular weight excluding hydrogens is 290 g/mol. The molecule has 0 saturated carbocycles. The number of fused-ring (bicyclic) bond motifs is 1. The zero-order chi connectivity index (χ0) is 14.8. The summed E-state index contributed by atoms with van der Waals surface area (Å²) in [6, 6.07) is 8.31. The fraction of sp³-hybridized carbons (Fsp3) is 0.357. The van der Waals surface area contributed by atoms with E-state index in [1.165, 1.54) is 17.6 Å². The zero-order valence-corrected chi connectivity index (χ0v) is 12.3. The Labute approximate surface area is 126 Å². The molecule has 0 saturated heterocycles. The van der Waals surface area contributed by atoms with Gasteiger partial charge in [-0.05, 0) is 18.1 Å². The van der Waals surface area contributed by atoms with E-state index in [4.69, 9.17) is 9.84 Å². The summed E-state index contributed by atoms with van der Waals surface area (Å²) in [7, 11) is 1.53. The molecule has 6 nitrogen and oxygen atoms in total. The van der Waals surface area contributed by atoms with Crippen LogP contribution in [0.2, 0.25) is 0 Å². The van der Waals surface area contributed by atoms with Gasteiger partial charge in [-0.2, -0.15) is 0 Å². The van der Waals surface area contributed by atoms with Crippen LogP contribution < -0.4 is 0 Å². The second-order valence-corrected chi connectivity index (χ2v) is 6.20. The zero-order valence-electron chi connectivity index (χ0n) is 11.5. The van der Waals surface area contributed by atoms with Gasteiger partial charge in [0, 0.05) is 17.3 Å². The summed E-state index contributed by atoms with van der Waals surface area (Å²) in [4.78, 5) is 12.4. The quantitative estimate of drug-likeness (QED) is 0.908. The Bertz CT molecular complexity index is 646. The van der Waals surface area contributed by atoms with E-state index in [0.717, 1.165) is 6.42 Å². The highest BCUT2D eigenvalue weighted by Gasteiger charge is 2.25. The predicted octanol–water partition coefficient (Wildman–Crippen LogP) is 1.84. The first kappa shape index (κ1) is 14.1. The van der Waals surface area contributed by atoms with Crippen molar-refractivity contribution in [3.05, 3.63) is 41.2 Å². The number of carboxylic acid groups (broad SMARTS) is 1. The molecule has 1 aliphatic rings. The summed E-state index contributed by atoms with van der Waals surface area (Å²) in [6.07, 6.45) is 0.954. The number of nitrogens with zero attached hydrogens (tertiary/aromatic N) is 3. The van der Waals surface area contributed by atoms with Crippen molar-refractivity contribution >= 4 is 17.7 Å². The van der Waals surface area contributed by atoms with E-state index >= 15 is 0 Å². The van der Waals surface area contributed by atoms with Crippen molar-refractivity contribution in [2.45, 2.75) is 29.7 Å². The molecule has 0 spiro atoms. The van der Waals surface area contributed by atoms with Crippen molar-refractivity contribution in [2.75, 3.05) is 7.11 Å². The van der Waals surface area contributed by atoms with Crippen LogP contribution in [0.25, 0.3) is 0 Å². The summed E-state index contributed by atoms with van der Waals surface area (Å²) in [5, 5.41) is 17.2. The molecule has 0 aliphatic carbocycles. The van der Waals surface area contributed by atoms with E-state index in [1.807, 2.05) is 12.1 Å². The fourth-order valence-corrected chi connectivity index (χ4v) is 3.77. The van der Waals surface area contributed by atoms with Gasteiger partial charge in [-0.1, -0.05) is 23.4 Å². The maximum Gasteiger partial charge on any atom is 0.358 e. The van der Waals surface area contributed by atoms with Crippen LogP contribution in [0.4, 0.5) is 0 Å². The third-order valence-electron chi connectivity index (χ3n) is 3.41. The van der Waals surface area contributed by atoms with Crippen LogP contribution in [0, 0.1) is 0 Å². The number of thioether (sulfide) groups is 1. The number of aromatic nitrogens is 3. The number of carboxylic acids is 1. The number of hydrogen-bond donors (Lipinski definition) is 1. The summed E-state index contributed by atoms with van der Waals surface area (Å²) in [5.41, 5.74) is 1.82. The van der Waals surface area contributed by atoms with Gasteiger partial charge in [-0.25, -0.2) is 9.48 Å². The lowest BCUT2D eigenvalue weighted by Crippen LogP contribution is -2.17. The molecule has 0 radical (unpaired) electrons. The van der Waals surface area contributed by atoms with Crippen LogP contribution in [0.15, 0.2) is 29.2 Å². The Kier molecular flexibility index (Phi) is 3.94. The largest absolute Gasteiger partial charge is 0.476 e. The lowest BCUT2D eigenvalue weighted by atomic mass is 10.1. The minimum atomic E-state index is -1.07. The minimum Gasteiger partial charge on any atom is -0.476 e. The SMILES string of the molecule is COCc1c(C(=O)O)nnn1CC1Cc2ccccc2S1. The lowest BCUT2D eigenvalue weighted by molar-refractivity contribution is 0.0684. The van der Waals surface area contributed by atoms with Crippen molar-refractivity contribution in [1.29, 1.82) is 0 Å². The van der Waals surface area contributed by atoms with Crippen LogP contribution in [0.1, 0.15) is 21.7 Å². The van der Waals surface area contributed by atoms with E-state index in [-0.39, 0.29) is 12.3 Å². The first-order valence-electron chi connectivity index (χ1n) is 6.58. The van der Waals surface area contributed by atoms with Crippen molar-refractivity contribution < 1.29 is 14.6 Å². The maximum absolute atomic E-state index is 11.1. The molecular formula is C14H15N3O3S. The monoisotopic (exact) mass is 305 g/mol. The summed E-state index contributed by atoms with van der Waals surface area (Å²) >= 11 is 1.80. The third kappa shape index (κ3) is 2.79. The van der Waals surface area contributed by atoms with E-state index < -0.39 is 5.97 Å². The molecule has 0 bridgehead atoms. The van der Waals surface area contributed by atoms with Crippen LogP contribution in [-0.2, 0) is 24.3 Å². The van der Waals surface area contributed by atoms with Gasteiger partial charge < -0.3 is 9.84 Å². The van der Waals surface area contributed by atoms with Gasteiger partial charge in [0.25, 0.3) is 0 Å². The van der Waals surface area contributed by atoms with Crippen LogP contribution >= 0.6 is 11.8 Å². The highest BCUT2D eigenvalue weighted by Crippen LogP contribution is 2.37. The highest BCUT2D eigenvalue weighted by molar-refractivity contribution is 8.00. The fourth-order valence-electron chi connectivity index (χ4n) is 2.47. The first-order valence-corrected chi connectivity index (χ1v) is 7.46. The number of rotatable bonds is 5. The molecule has 1 N–H and O–H groups in total. The summed E-state index contributed by atoms with van der Waals surface area (Å²) in [6.45, 7) is 0.817. The smallest absolute Gasteiger partial charge is 0.358 e. The van der Waals surface area contributed by atoms with Crippen LogP contribution in [0.5, 0.6) is 0 Å². The maximum atomic E-state index is 11.1. The molecule has 1 aromatic heterocycles. The third-order valence-corrected chi connectivity index (χ3v) is 4.71. The number of methoxy groups -OCH3 is 1. The average Bonchev–Trinajstić information content (AvgIpc) is 3.03. The van der Waals surface area contributed by atoms with E-state index in [1.54, 1.807) is 16.4 Å². The van der Waals surface area contributed by atoms with Gasteiger partial charge in [0.15, 0.2) is 5.69 Å². The second-order valence-electron chi connectivity index (χ2n) is 4.86. The number of benzene rings is 1. The predicted molar refractivity (Wildman–Crippen MR) is 77.5 cm³/mol. The molecule has 3 rings (SSSR count).